The van der Waals surface area contributed by atoms with E-state index in [1.54, 1.807) is 6.20 Å². The topological polar surface area (TPSA) is 81.2 Å². The van der Waals surface area contributed by atoms with Gasteiger partial charge in [-0.15, -0.1) is 0 Å². The van der Waals surface area contributed by atoms with E-state index in [-0.39, 0.29) is 6.61 Å². The minimum Gasteiger partial charge on any atom is -0.390 e. The van der Waals surface area contributed by atoms with Crippen molar-refractivity contribution in [1.29, 1.82) is 0 Å². The Morgan fingerprint density at radius 2 is 2.00 bits per heavy atom. The Morgan fingerprint density at radius 1 is 1.19 bits per heavy atom. The third kappa shape index (κ3) is 3.01. The first-order valence-corrected chi connectivity index (χ1v) is 11.3. The number of piperidine rings is 1. The lowest BCUT2D eigenvalue weighted by molar-refractivity contribution is 0.0975. The second-order valence-corrected chi connectivity index (χ2v) is 9.37. The summed E-state index contributed by atoms with van der Waals surface area (Å²) in [7, 11) is 2.03. The summed E-state index contributed by atoms with van der Waals surface area (Å²) in [6.45, 7) is 4.68. The van der Waals surface area contributed by atoms with Crippen LogP contribution in [0.3, 0.4) is 0 Å². The average molecular weight is 433 g/mol. The zero-order chi connectivity index (χ0) is 21.9. The Bertz CT molecular complexity index is 1300. The lowest BCUT2D eigenvalue weighted by Crippen LogP contribution is -2.41. The molecule has 3 aromatic heterocycles. The van der Waals surface area contributed by atoms with Crippen LogP contribution in [-0.2, 0) is 18.4 Å². The third-order valence-corrected chi connectivity index (χ3v) is 7.22. The van der Waals surface area contributed by atoms with Gasteiger partial charge in [-0.1, -0.05) is 18.2 Å². The van der Waals surface area contributed by atoms with Crippen molar-refractivity contribution in [2.45, 2.75) is 38.9 Å². The molecular weight excluding hydrogens is 404 g/mol. The molecule has 0 amide bonds. The van der Waals surface area contributed by atoms with Crippen LogP contribution in [-0.4, -0.2) is 55.2 Å². The zero-order valence-corrected chi connectivity index (χ0v) is 18.5. The number of aliphatic hydroxyl groups excluding tert-OH is 1. The smallest absolute Gasteiger partial charge is 0.182 e. The fourth-order valence-electron chi connectivity index (χ4n) is 5.49. The van der Waals surface area contributed by atoms with Gasteiger partial charge in [0.15, 0.2) is 11.5 Å². The molecule has 0 unspecified atom stereocenters. The number of benzene rings is 1. The van der Waals surface area contributed by atoms with Crippen LogP contribution >= 0.6 is 0 Å². The van der Waals surface area contributed by atoms with Gasteiger partial charge in [-0.3, -0.25) is 0 Å². The maximum absolute atomic E-state index is 10.1. The molecule has 4 aromatic rings. The zero-order valence-electron chi connectivity index (χ0n) is 18.5. The number of aliphatic hydroxyl groups is 1. The normalized spacial score (nSPS) is 20.7. The molecule has 166 valence electrons. The highest BCUT2D eigenvalue weighted by Crippen LogP contribution is 2.42. The number of hydrogen-bond donors (Lipinski definition) is 1. The van der Waals surface area contributed by atoms with Crippen molar-refractivity contribution in [3.05, 3.63) is 42.4 Å². The predicted molar refractivity (Wildman–Crippen MR) is 123 cm³/mol. The van der Waals surface area contributed by atoms with E-state index in [1.807, 2.05) is 23.9 Å². The second-order valence-electron chi connectivity index (χ2n) is 9.37. The molecule has 0 aliphatic carbocycles. The van der Waals surface area contributed by atoms with Crippen LogP contribution in [0.15, 0.2) is 36.7 Å². The molecular formula is C24H28N6O2. The van der Waals surface area contributed by atoms with Crippen molar-refractivity contribution in [1.82, 2.24) is 24.3 Å². The fourth-order valence-corrected chi connectivity index (χ4v) is 5.49. The van der Waals surface area contributed by atoms with Crippen molar-refractivity contribution in [2.24, 2.45) is 12.5 Å². The van der Waals surface area contributed by atoms with Crippen molar-refractivity contribution in [2.75, 3.05) is 24.6 Å². The van der Waals surface area contributed by atoms with E-state index < -0.39 is 0 Å². The minimum atomic E-state index is -0.152. The van der Waals surface area contributed by atoms with Gasteiger partial charge in [0.2, 0.25) is 0 Å². The standard InChI is InChI=1S/C24H28N6O2/c1-16-11-24(15-32-16)7-9-29(10-8-24)22-19(14-31)27-23-18(26-22)12-25-30(23)21-13-28(2)20-6-4-3-5-17(20)21/h3-6,12-13,16,31H,7-11,14-15H2,1-2H3/t16-/m0/s1. The number of rotatable bonds is 3. The number of aryl methyl sites for hydroxylation is 1. The van der Waals surface area contributed by atoms with Gasteiger partial charge in [-0.05, 0) is 37.7 Å². The number of anilines is 1. The van der Waals surface area contributed by atoms with E-state index in [4.69, 9.17) is 14.7 Å². The van der Waals surface area contributed by atoms with Crippen molar-refractivity contribution in [3.8, 4) is 5.69 Å². The van der Waals surface area contributed by atoms with Gasteiger partial charge in [-0.25, -0.2) is 14.6 Å². The Hall–Kier alpha value is -2.97. The summed E-state index contributed by atoms with van der Waals surface area (Å²) < 4.78 is 9.78. The van der Waals surface area contributed by atoms with E-state index in [9.17, 15) is 5.11 Å². The molecule has 2 aliphatic heterocycles. The number of ether oxygens (including phenoxy) is 1. The first kappa shape index (κ1) is 19.7. The quantitative estimate of drug-likeness (QED) is 0.536. The van der Waals surface area contributed by atoms with E-state index in [0.717, 1.165) is 66.9 Å². The van der Waals surface area contributed by atoms with Crippen molar-refractivity contribution < 1.29 is 9.84 Å². The second kappa shape index (κ2) is 7.28. The van der Waals surface area contributed by atoms with Crippen molar-refractivity contribution >= 4 is 27.9 Å². The highest BCUT2D eigenvalue weighted by atomic mass is 16.5. The largest absolute Gasteiger partial charge is 0.390 e. The number of para-hydroxylation sites is 1. The van der Waals surface area contributed by atoms with Crippen LogP contribution in [0.25, 0.3) is 27.8 Å². The minimum absolute atomic E-state index is 0.152. The summed E-state index contributed by atoms with van der Waals surface area (Å²) >= 11 is 0. The molecule has 0 saturated carbocycles. The maximum atomic E-state index is 10.1. The molecule has 1 atom stereocenters. The number of nitrogens with zero attached hydrogens (tertiary/aromatic N) is 6. The monoisotopic (exact) mass is 432 g/mol. The summed E-state index contributed by atoms with van der Waals surface area (Å²) in [6.07, 6.45) is 7.47. The molecule has 2 fully saturated rings. The summed E-state index contributed by atoms with van der Waals surface area (Å²) in [6, 6.07) is 8.24. The Labute approximate surface area is 186 Å². The number of hydrogen-bond acceptors (Lipinski definition) is 6. The highest BCUT2D eigenvalue weighted by Gasteiger charge is 2.41. The van der Waals surface area contributed by atoms with E-state index in [2.05, 4.69) is 39.8 Å². The van der Waals surface area contributed by atoms with Crippen LogP contribution in [0.4, 0.5) is 5.82 Å². The maximum Gasteiger partial charge on any atom is 0.182 e. The molecule has 6 rings (SSSR count). The molecule has 2 aliphatic rings. The highest BCUT2D eigenvalue weighted by molar-refractivity contribution is 5.90. The molecule has 8 nitrogen and oxygen atoms in total. The van der Waals surface area contributed by atoms with Gasteiger partial charge >= 0.3 is 0 Å². The first-order valence-electron chi connectivity index (χ1n) is 11.3. The molecule has 0 bridgehead atoms. The Morgan fingerprint density at radius 3 is 2.75 bits per heavy atom. The van der Waals surface area contributed by atoms with Gasteiger partial charge in [0.25, 0.3) is 0 Å². The number of fused-ring (bicyclic) bond motifs is 2. The third-order valence-electron chi connectivity index (χ3n) is 7.22. The van der Waals surface area contributed by atoms with Gasteiger partial charge in [0, 0.05) is 37.2 Å². The van der Waals surface area contributed by atoms with Gasteiger partial charge in [0.1, 0.15) is 11.2 Å². The van der Waals surface area contributed by atoms with Gasteiger partial charge < -0.3 is 19.3 Å². The fraction of sp³-hybridized carbons (Fsp3) is 0.458. The van der Waals surface area contributed by atoms with Crippen LogP contribution in [0.2, 0.25) is 0 Å². The predicted octanol–water partition coefficient (Wildman–Crippen LogP) is 3.19. The van der Waals surface area contributed by atoms with Gasteiger partial charge in [0.05, 0.1) is 31.2 Å². The average Bonchev–Trinajstić information content (AvgIpc) is 3.49. The van der Waals surface area contributed by atoms with Crippen LogP contribution in [0.5, 0.6) is 0 Å². The summed E-state index contributed by atoms with van der Waals surface area (Å²) in [5.74, 6) is 0.777. The lowest BCUT2D eigenvalue weighted by atomic mass is 9.77. The van der Waals surface area contributed by atoms with Crippen molar-refractivity contribution in [3.63, 3.8) is 0 Å². The molecule has 32 heavy (non-hydrogen) atoms. The molecule has 1 spiro atoms. The molecule has 5 heterocycles. The Kier molecular flexibility index (Phi) is 4.48. The van der Waals surface area contributed by atoms with E-state index in [1.165, 1.54) is 0 Å². The van der Waals surface area contributed by atoms with Crippen LogP contribution in [0.1, 0.15) is 31.9 Å². The van der Waals surface area contributed by atoms with Gasteiger partial charge in [-0.2, -0.15) is 5.10 Å². The summed E-state index contributed by atoms with van der Waals surface area (Å²) in [4.78, 5) is 12.0. The molecule has 8 heteroatoms. The molecule has 0 radical (unpaired) electrons. The summed E-state index contributed by atoms with van der Waals surface area (Å²) in [5, 5.41) is 15.9. The van der Waals surface area contributed by atoms with Crippen LogP contribution in [0, 0.1) is 5.41 Å². The summed E-state index contributed by atoms with van der Waals surface area (Å²) in [5.41, 5.74) is 4.40. The SMILES string of the molecule is C[C@H]1CC2(CCN(c3nc4cnn(-c5cn(C)c6ccccc56)c4nc3CO)CC2)CO1. The van der Waals surface area contributed by atoms with E-state index in [0.29, 0.717) is 22.9 Å². The Balaban J connectivity index is 1.37. The van der Waals surface area contributed by atoms with E-state index >= 15 is 0 Å². The first-order chi connectivity index (χ1) is 15.6. The molecule has 1 aromatic carbocycles. The lowest BCUT2D eigenvalue weighted by Gasteiger charge is -2.39. The van der Waals surface area contributed by atoms with Crippen LogP contribution < -0.4 is 4.90 Å². The number of aromatic nitrogens is 5. The molecule has 2 saturated heterocycles. The molecule has 1 N–H and O–H groups in total.